The molecule has 0 bridgehead atoms. The Balaban J connectivity index is 2.22. The number of hydrogen-bond acceptors (Lipinski definition) is 3. The van der Waals surface area contributed by atoms with Crippen LogP contribution in [-0.4, -0.2) is 20.6 Å². The molecule has 5 heteroatoms. The minimum Gasteiger partial charge on any atom is -0.326 e. The summed E-state index contributed by atoms with van der Waals surface area (Å²) in [5.74, 6) is -0.129. The lowest BCUT2D eigenvalue weighted by atomic mass is 9.85. The lowest BCUT2D eigenvalue weighted by Gasteiger charge is -2.23. The summed E-state index contributed by atoms with van der Waals surface area (Å²) in [6, 6.07) is 16.0. The third kappa shape index (κ3) is 4.45. The van der Waals surface area contributed by atoms with Gasteiger partial charge in [-0.15, -0.1) is 0 Å². The first-order valence-corrected chi connectivity index (χ1v) is 9.88. The van der Waals surface area contributed by atoms with E-state index in [1.807, 2.05) is 30.3 Å². The quantitative estimate of drug-likeness (QED) is 0.865. The van der Waals surface area contributed by atoms with E-state index in [0.717, 1.165) is 18.2 Å². The van der Waals surface area contributed by atoms with Crippen LogP contribution >= 0.6 is 0 Å². The van der Waals surface area contributed by atoms with Crippen molar-refractivity contribution < 1.29 is 13.2 Å². The van der Waals surface area contributed by atoms with E-state index in [1.165, 1.54) is 12.1 Å². The van der Waals surface area contributed by atoms with Crippen LogP contribution in [0.2, 0.25) is 0 Å². The van der Waals surface area contributed by atoms with Gasteiger partial charge in [-0.1, -0.05) is 50.6 Å². The molecule has 2 aromatic rings. The summed E-state index contributed by atoms with van der Waals surface area (Å²) >= 11 is 0. The molecule has 0 aliphatic heterocycles. The highest BCUT2D eigenvalue weighted by molar-refractivity contribution is 7.90. The number of carbonyl (C=O) groups excluding carboxylic acids is 1. The van der Waals surface area contributed by atoms with Gasteiger partial charge >= 0.3 is 0 Å². The molecule has 2 aromatic carbocycles. The molecule has 2 rings (SSSR count). The molecule has 24 heavy (non-hydrogen) atoms. The van der Waals surface area contributed by atoms with Gasteiger partial charge in [-0.2, -0.15) is 0 Å². The molecule has 0 aliphatic rings. The van der Waals surface area contributed by atoms with Gasteiger partial charge in [-0.05, 0) is 35.7 Å². The van der Waals surface area contributed by atoms with Crippen LogP contribution in [-0.2, 0) is 14.6 Å². The first-order valence-electron chi connectivity index (χ1n) is 7.99. The van der Waals surface area contributed by atoms with Gasteiger partial charge in [0, 0.05) is 11.9 Å². The Bertz CT molecular complexity index is 783. The van der Waals surface area contributed by atoms with Crippen LogP contribution in [0, 0.1) is 5.92 Å². The predicted octanol–water partition coefficient (Wildman–Crippen LogP) is 3.86. The van der Waals surface area contributed by atoms with Crippen LogP contribution in [0.4, 0.5) is 5.69 Å². The summed E-state index contributed by atoms with van der Waals surface area (Å²) in [4.78, 5) is 13.0. The molecule has 0 saturated carbocycles. The van der Waals surface area contributed by atoms with Crippen molar-refractivity contribution in [2.24, 2.45) is 5.92 Å². The maximum Gasteiger partial charge on any atom is 0.232 e. The average Bonchev–Trinajstić information content (AvgIpc) is 2.55. The first-order chi connectivity index (χ1) is 11.3. The topological polar surface area (TPSA) is 63.2 Å². The number of anilines is 1. The molecule has 4 nitrogen and oxygen atoms in total. The molecule has 0 aliphatic carbocycles. The molecule has 0 radical (unpaired) electrons. The van der Waals surface area contributed by atoms with Crippen LogP contribution < -0.4 is 5.32 Å². The van der Waals surface area contributed by atoms with Gasteiger partial charge in [-0.25, -0.2) is 8.42 Å². The van der Waals surface area contributed by atoms with Crippen molar-refractivity contribution in [1.29, 1.82) is 0 Å². The fourth-order valence-corrected chi connectivity index (χ4v) is 3.27. The van der Waals surface area contributed by atoms with Crippen LogP contribution in [0.15, 0.2) is 59.5 Å². The third-order valence-corrected chi connectivity index (χ3v) is 5.33. The molecular formula is C19H23NO3S. The second-order valence-electron chi connectivity index (χ2n) is 6.06. The van der Waals surface area contributed by atoms with Gasteiger partial charge in [0.1, 0.15) is 0 Å². The Morgan fingerprint density at radius 3 is 2.12 bits per heavy atom. The zero-order valence-electron chi connectivity index (χ0n) is 14.2. The van der Waals surface area contributed by atoms with Crippen molar-refractivity contribution in [2.75, 3.05) is 11.6 Å². The molecule has 0 saturated heterocycles. The summed E-state index contributed by atoms with van der Waals surface area (Å²) in [6.07, 6.45) is 2.05. The van der Waals surface area contributed by atoms with Crippen molar-refractivity contribution >= 4 is 21.4 Å². The normalized spacial score (nSPS) is 14.0. The van der Waals surface area contributed by atoms with Crippen molar-refractivity contribution in [1.82, 2.24) is 0 Å². The van der Waals surface area contributed by atoms with Gasteiger partial charge in [0.15, 0.2) is 9.84 Å². The molecule has 1 amide bonds. The summed E-state index contributed by atoms with van der Waals surface area (Å²) in [5.41, 5.74) is 1.58. The highest BCUT2D eigenvalue weighted by atomic mass is 32.2. The van der Waals surface area contributed by atoms with E-state index in [4.69, 9.17) is 0 Å². The van der Waals surface area contributed by atoms with Gasteiger partial charge in [0.2, 0.25) is 5.91 Å². The maximum absolute atomic E-state index is 12.8. The maximum atomic E-state index is 12.8. The number of sulfone groups is 1. The summed E-state index contributed by atoms with van der Waals surface area (Å²) < 4.78 is 23.0. The van der Waals surface area contributed by atoms with E-state index in [0.29, 0.717) is 5.69 Å². The Kier molecular flexibility index (Phi) is 5.78. The van der Waals surface area contributed by atoms with Crippen LogP contribution in [0.1, 0.15) is 31.7 Å². The second kappa shape index (κ2) is 7.62. The van der Waals surface area contributed by atoms with Gasteiger partial charge in [0.05, 0.1) is 10.8 Å². The van der Waals surface area contributed by atoms with E-state index in [2.05, 4.69) is 19.2 Å². The Morgan fingerprint density at radius 1 is 1.04 bits per heavy atom. The summed E-state index contributed by atoms with van der Waals surface area (Å²) in [5, 5.41) is 2.90. The van der Waals surface area contributed by atoms with E-state index < -0.39 is 9.84 Å². The molecule has 2 unspecified atom stereocenters. The fourth-order valence-electron chi connectivity index (χ4n) is 2.64. The zero-order valence-corrected chi connectivity index (χ0v) is 15.0. The SMILES string of the molecule is CCC(C)C(C(=O)Nc1ccc(S(C)(=O)=O)cc1)c1ccccc1. The van der Waals surface area contributed by atoms with Crippen LogP contribution in [0.5, 0.6) is 0 Å². The molecule has 0 spiro atoms. The summed E-state index contributed by atoms with van der Waals surface area (Å²) in [6.45, 7) is 4.12. The molecule has 0 fully saturated rings. The van der Waals surface area contributed by atoms with Crippen LogP contribution in [0.25, 0.3) is 0 Å². The van der Waals surface area contributed by atoms with E-state index >= 15 is 0 Å². The molecular weight excluding hydrogens is 322 g/mol. The minimum atomic E-state index is -3.24. The van der Waals surface area contributed by atoms with Gasteiger partial charge in [-0.3, -0.25) is 4.79 Å². The number of amides is 1. The molecule has 128 valence electrons. The Labute approximate surface area is 143 Å². The molecule has 0 heterocycles. The number of benzene rings is 2. The standard InChI is InChI=1S/C19H23NO3S/c1-4-14(2)18(15-8-6-5-7-9-15)19(21)20-16-10-12-17(13-11-16)24(3,22)23/h5-14,18H,4H2,1-3H3,(H,20,21). The van der Waals surface area contributed by atoms with Gasteiger partial charge in [0.25, 0.3) is 0 Å². The second-order valence-corrected chi connectivity index (χ2v) is 8.08. The number of nitrogens with one attached hydrogen (secondary N) is 1. The number of carbonyl (C=O) groups is 1. The minimum absolute atomic E-state index is 0.0809. The van der Waals surface area contributed by atoms with Crippen LogP contribution in [0.3, 0.4) is 0 Å². The lowest BCUT2D eigenvalue weighted by Crippen LogP contribution is -2.26. The summed E-state index contributed by atoms with van der Waals surface area (Å²) in [7, 11) is -3.24. The predicted molar refractivity (Wildman–Crippen MR) is 96.8 cm³/mol. The largest absolute Gasteiger partial charge is 0.326 e. The third-order valence-electron chi connectivity index (χ3n) is 4.20. The Morgan fingerprint density at radius 2 is 1.62 bits per heavy atom. The average molecular weight is 345 g/mol. The van der Waals surface area contributed by atoms with Crippen molar-refractivity contribution in [2.45, 2.75) is 31.1 Å². The van der Waals surface area contributed by atoms with Crippen molar-refractivity contribution in [3.05, 3.63) is 60.2 Å². The fraction of sp³-hybridized carbons (Fsp3) is 0.316. The monoisotopic (exact) mass is 345 g/mol. The van der Waals surface area contributed by atoms with Crippen molar-refractivity contribution in [3.63, 3.8) is 0 Å². The Hall–Kier alpha value is -2.14. The number of hydrogen-bond donors (Lipinski definition) is 1. The molecule has 0 aromatic heterocycles. The molecule has 1 N–H and O–H groups in total. The highest BCUT2D eigenvalue weighted by Gasteiger charge is 2.25. The molecule has 2 atom stereocenters. The zero-order chi connectivity index (χ0) is 17.7. The van der Waals surface area contributed by atoms with E-state index in [-0.39, 0.29) is 22.6 Å². The lowest BCUT2D eigenvalue weighted by molar-refractivity contribution is -0.118. The smallest absolute Gasteiger partial charge is 0.232 e. The van der Waals surface area contributed by atoms with Crippen molar-refractivity contribution in [3.8, 4) is 0 Å². The first kappa shape index (κ1) is 18.2. The van der Waals surface area contributed by atoms with E-state index in [1.54, 1.807) is 12.1 Å². The number of rotatable bonds is 6. The highest BCUT2D eigenvalue weighted by Crippen LogP contribution is 2.28. The van der Waals surface area contributed by atoms with Gasteiger partial charge < -0.3 is 5.32 Å². The van der Waals surface area contributed by atoms with E-state index in [9.17, 15) is 13.2 Å².